The lowest BCUT2D eigenvalue weighted by Gasteiger charge is -2.18. The van der Waals surface area contributed by atoms with Gasteiger partial charge in [0.2, 0.25) is 0 Å². The van der Waals surface area contributed by atoms with Gasteiger partial charge in [0.1, 0.15) is 12.4 Å². The van der Waals surface area contributed by atoms with E-state index in [0.717, 1.165) is 23.0 Å². The number of alkyl halides is 1. The van der Waals surface area contributed by atoms with Gasteiger partial charge >= 0.3 is 0 Å². The zero-order valence-corrected chi connectivity index (χ0v) is 15.2. The second-order valence-corrected chi connectivity index (χ2v) is 6.45. The Morgan fingerprint density at radius 2 is 1.73 bits per heavy atom. The number of benzene rings is 2. The molecule has 0 amide bonds. The van der Waals surface area contributed by atoms with Gasteiger partial charge in [-0.3, -0.25) is 0 Å². The maximum atomic E-state index is 6.05. The minimum absolute atomic E-state index is 0.135. The van der Waals surface area contributed by atoms with Crippen LogP contribution in [0.5, 0.6) is 5.75 Å². The number of rotatable bonds is 9. The molecule has 0 radical (unpaired) electrons. The molecule has 0 N–H and O–H groups in total. The fourth-order valence-corrected chi connectivity index (χ4v) is 2.57. The van der Waals surface area contributed by atoms with E-state index in [9.17, 15) is 0 Å². The van der Waals surface area contributed by atoms with Crippen LogP contribution in [0.15, 0.2) is 54.6 Å². The standard InChI is InChI=1S/C19H23IO2/c1-16-9-11-18(12-10-16)22-15-19(8-5-13-20)21-14-17-6-3-2-4-7-17/h2-4,6-7,9-12,19H,5,8,13-15H2,1H3. The molecule has 2 nitrogen and oxygen atoms in total. The van der Waals surface area contributed by atoms with Crippen molar-refractivity contribution >= 4 is 22.6 Å². The van der Waals surface area contributed by atoms with Crippen molar-refractivity contribution in [3.63, 3.8) is 0 Å². The quantitative estimate of drug-likeness (QED) is 0.419. The van der Waals surface area contributed by atoms with Crippen molar-refractivity contribution < 1.29 is 9.47 Å². The third-order valence-corrected chi connectivity index (χ3v) is 4.21. The van der Waals surface area contributed by atoms with Gasteiger partial charge in [-0.25, -0.2) is 0 Å². The Kier molecular flexibility index (Phi) is 7.74. The van der Waals surface area contributed by atoms with Gasteiger partial charge in [-0.05, 0) is 41.9 Å². The lowest BCUT2D eigenvalue weighted by Crippen LogP contribution is -2.22. The molecule has 0 spiro atoms. The first-order valence-corrected chi connectivity index (χ1v) is 9.21. The highest BCUT2D eigenvalue weighted by Crippen LogP contribution is 2.15. The summed E-state index contributed by atoms with van der Waals surface area (Å²) in [6.07, 6.45) is 2.31. The van der Waals surface area contributed by atoms with Gasteiger partial charge in [0.25, 0.3) is 0 Å². The highest BCUT2D eigenvalue weighted by Gasteiger charge is 2.10. The molecule has 1 unspecified atom stereocenters. The van der Waals surface area contributed by atoms with Crippen molar-refractivity contribution in [3.8, 4) is 5.75 Å². The van der Waals surface area contributed by atoms with Crippen molar-refractivity contribution in [2.24, 2.45) is 0 Å². The van der Waals surface area contributed by atoms with E-state index in [-0.39, 0.29) is 6.10 Å². The molecule has 22 heavy (non-hydrogen) atoms. The summed E-state index contributed by atoms with van der Waals surface area (Å²) in [5, 5.41) is 0. The van der Waals surface area contributed by atoms with E-state index in [1.54, 1.807) is 0 Å². The van der Waals surface area contributed by atoms with Crippen LogP contribution < -0.4 is 4.74 Å². The predicted octanol–water partition coefficient (Wildman–Crippen LogP) is 5.17. The summed E-state index contributed by atoms with van der Waals surface area (Å²) in [6, 6.07) is 18.5. The number of hydrogen-bond acceptors (Lipinski definition) is 2. The first-order valence-electron chi connectivity index (χ1n) is 7.69. The Hall–Kier alpha value is -1.07. The van der Waals surface area contributed by atoms with E-state index in [0.29, 0.717) is 13.2 Å². The molecule has 118 valence electrons. The van der Waals surface area contributed by atoms with Crippen LogP contribution >= 0.6 is 22.6 Å². The molecule has 0 aliphatic carbocycles. The van der Waals surface area contributed by atoms with Crippen molar-refractivity contribution in [2.45, 2.75) is 32.5 Å². The molecule has 0 heterocycles. The summed E-state index contributed by atoms with van der Waals surface area (Å²) >= 11 is 2.41. The van der Waals surface area contributed by atoms with Crippen LogP contribution in [0.1, 0.15) is 24.0 Å². The maximum Gasteiger partial charge on any atom is 0.119 e. The van der Waals surface area contributed by atoms with E-state index in [1.807, 2.05) is 30.3 Å². The van der Waals surface area contributed by atoms with Crippen molar-refractivity contribution in [1.29, 1.82) is 0 Å². The van der Waals surface area contributed by atoms with Gasteiger partial charge in [0.05, 0.1) is 12.7 Å². The minimum atomic E-state index is 0.135. The molecule has 0 aliphatic heterocycles. The fraction of sp³-hybridized carbons (Fsp3) is 0.368. The first-order chi connectivity index (χ1) is 10.8. The Morgan fingerprint density at radius 3 is 2.41 bits per heavy atom. The molecule has 2 aromatic rings. The van der Waals surface area contributed by atoms with Crippen LogP contribution in [-0.2, 0) is 11.3 Å². The topological polar surface area (TPSA) is 18.5 Å². The molecule has 2 rings (SSSR count). The summed E-state index contributed by atoms with van der Waals surface area (Å²) in [4.78, 5) is 0. The Morgan fingerprint density at radius 1 is 1.00 bits per heavy atom. The molecule has 0 aliphatic rings. The second-order valence-electron chi connectivity index (χ2n) is 5.37. The van der Waals surface area contributed by atoms with Gasteiger partial charge < -0.3 is 9.47 Å². The smallest absolute Gasteiger partial charge is 0.119 e. The number of halogens is 1. The molecule has 0 saturated heterocycles. The van der Waals surface area contributed by atoms with E-state index in [4.69, 9.17) is 9.47 Å². The molecule has 2 aromatic carbocycles. The number of aryl methyl sites for hydroxylation is 1. The van der Waals surface area contributed by atoms with Crippen molar-refractivity contribution in [1.82, 2.24) is 0 Å². The van der Waals surface area contributed by atoms with E-state index < -0.39 is 0 Å². The van der Waals surface area contributed by atoms with Gasteiger partial charge in [0.15, 0.2) is 0 Å². The second kappa shape index (κ2) is 9.85. The number of ether oxygens (including phenoxy) is 2. The van der Waals surface area contributed by atoms with Gasteiger partial charge in [-0.1, -0.05) is 70.6 Å². The summed E-state index contributed by atoms with van der Waals surface area (Å²) in [7, 11) is 0. The molecular weight excluding hydrogens is 387 g/mol. The monoisotopic (exact) mass is 410 g/mol. The first kappa shape index (κ1) is 17.3. The van der Waals surface area contributed by atoms with Gasteiger partial charge in [-0.15, -0.1) is 0 Å². The Labute approximate surface area is 147 Å². The SMILES string of the molecule is Cc1ccc(OCC(CCCI)OCc2ccccc2)cc1. The van der Waals surface area contributed by atoms with Gasteiger partial charge in [-0.2, -0.15) is 0 Å². The molecule has 0 saturated carbocycles. The van der Waals surface area contributed by atoms with Crippen molar-refractivity contribution in [2.75, 3.05) is 11.0 Å². The fourth-order valence-electron chi connectivity index (χ4n) is 2.13. The molecule has 1 atom stereocenters. The van der Waals surface area contributed by atoms with Crippen LogP contribution in [0.4, 0.5) is 0 Å². The lowest BCUT2D eigenvalue weighted by molar-refractivity contribution is 0.00449. The Bertz CT molecular complexity index is 525. The molecule has 0 bridgehead atoms. The van der Waals surface area contributed by atoms with Crippen LogP contribution in [-0.4, -0.2) is 17.1 Å². The molecule has 3 heteroatoms. The summed E-state index contributed by atoms with van der Waals surface area (Å²) in [6.45, 7) is 3.33. The maximum absolute atomic E-state index is 6.05. The summed E-state index contributed by atoms with van der Waals surface area (Å²) < 4.78 is 13.1. The molecular formula is C19H23IO2. The average Bonchev–Trinajstić information content (AvgIpc) is 2.56. The third-order valence-electron chi connectivity index (χ3n) is 3.45. The third kappa shape index (κ3) is 6.36. The predicted molar refractivity (Wildman–Crippen MR) is 99.8 cm³/mol. The number of hydrogen-bond donors (Lipinski definition) is 0. The van der Waals surface area contributed by atoms with Crippen molar-refractivity contribution in [3.05, 3.63) is 65.7 Å². The van der Waals surface area contributed by atoms with E-state index in [1.165, 1.54) is 11.1 Å². The normalized spacial score (nSPS) is 12.1. The van der Waals surface area contributed by atoms with Gasteiger partial charge in [0, 0.05) is 0 Å². The van der Waals surface area contributed by atoms with Crippen LogP contribution in [0.2, 0.25) is 0 Å². The lowest BCUT2D eigenvalue weighted by atomic mass is 10.2. The zero-order valence-electron chi connectivity index (χ0n) is 13.0. The molecule has 0 fully saturated rings. The largest absolute Gasteiger partial charge is 0.491 e. The highest BCUT2D eigenvalue weighted by molar-refractivity contribution is 14.1. The van der Waals surface area contributed by atoms with E-state index in [2.05, 4.69) is 53.8 Å². The van der Waals surface area contributed by atoms with Crippen LogP contribution in [0, 0.1) is 6.92 Å². The minimum Gasteiger partial charge on any atom is -0.491 e. The van der Waals surface area contributed by atoms with E-state index >= 15 is 0 Å². The summed E-state index contributed by atoms with van der Waals surface area (Å²) in [5.74, 6) is 0.911. The molecule has 0 aromatic heterocycles. The highest BCUT2D eigenvalue weighted by atomic mass is 127. The van der Waals surface area contributed by atoms with Crippen LogP contribution in [0.25, 0.3) is 0 Å². The zero-order chi connectivity index (χ0) is 15.6. The Balaban J connectivity index is 1.84. The van der Waals surface area contributed by atoms with Crippen LogP contribution in [0.3, 0.4) is 0 Å². The average molecular weight is 410 g/mol. The summed E-state index contributed by atoms with van der Waals surface area (Å²) in [5.41, 5.74) is 2.45.